The molecule has 140 valence electrons. The Labute approximate surface area is 154 Å². The molecule has 1 fully saturated rings. The minimum atomic E-state index is 0.731. The van der Waals surface area contributed by atoms with Gasteiger partial charge in [-0.3, -0.25) is 9.89 Å². The molecule has 0 atom stereocenters. The molecule has 0 saturated carbocycles. The lowest BCUT2D eigenvalue weighted by Crippen LogP contribution is -2.52. The van der Waals surface area contributed by atoms with Crippen LogP contribution >= 0.6 is 0 Å². The van der Waals surface area contributed by atoms with Gasteiger partial charge in [-0.1, -0.05) is 5.16 Å². The zero-order valence-corrected chi connectivity index (χ0v) is 15.7. The smallest absolute Gasteiger partial charge is 0.194 e. The van der Waals surface area contributed by atoms with E-state index in [4.69, 9.17) is 4.52 Å². The summed E-state index contributed by atoms with van der Waals surface area (Å²) in [6.45, 7) is 5.41. The number of aliphatic imine (C=N–C) groups is 1. The fourth-order valence-electron chi connectivity index (χ4n) is 2.99. The number of hydrogen-bond acceptors (Lipinski definition) is 6. The second-order valence-corrected chi connectivity index (χ2v) is 6.57. The highest BCUT2D eigenvalue weighted by Crippen LogP contribution is 2.10. The molecule has 3 heterocycles. The van der Waals surface area contributed by atoms with Crippen molar-refractivity contribution in [1.82, 2.24) is 25.3 Å². The van der Waals surface area contributed by atoms with Crippen LogP contribution in [0.1, 0.15) is 11.3 Å². The summed E-state index contributed by atoms with van der Waals surface area (Å²) in [6.07, 6.45) is 3.47. The summed E-state index contributed by atoms with van der Waals surface area (Å²) in [6, 6.07) is 6.04. The Morgan fingerprint density at radius 2 is 2.08 bits per heavy atom. The van der Waals surface area contributed by atoms with Gasteiger partial charge >= 0.3 is 0 Å². The number of pyridine rings is 1. The Balaban J connectivity index is 1.50. The molecule has 8 heteroatoms. The van der Waals surface area contributed by atoms with E-state index in [9.17, 15) is 0 Å². The van der Waals surface area contributed by atoms with Gasteiger partial charge in [-0.15, -0.1) is 0 Å². The van der Waals surface area contributed by atoms with Crippen molar-refractivity contribution >= 4 is 11.8 Å². The van der Waals surface area contributed by atoms with Crippen molar-refractivity contribution in [2.24, 2.45) is 4.99 Å². The van der Waals surface area contributed by atoms with Crippen LogP contribution in [0.5, 0.6) is 0 Å². The third-order valence-electron chi connectivity index (χ3n) is 4.48. The molecule has 0 unspecified atom stereocenters. The van der Waals surface area contributed by atoms with E-state index in [-0.39, 0.29) is 0 Å². The van der Waals surface area contributed by atoms with Crippen molar-refractivity contribution in [3.05, 3.63) is 41.9 Å². The number of nitrogens with zero attached hydrogens (tertiary/aromatic N) is 6. The minimum absolute atomic E-state index is 0.731. The van der Waals surface area contributed by atoms with Crippen molar-refractivity contribution < 1.29 is 4.52 Å². The first-order valence-electron chi connectivity index (χ1n) is 8.85. The number of piperazine rings is 1. The average molecular weight is 357 g/mol. The van der Waals surface area contributed by atoms with Crippen LogP contribution in [0.2, 0.25) is 0 Å². The van der Waals surface area contributed by atoms with Crippen LogP contribution in [0, 0.1) is 0 Å². The quantitative estimate of drug-likeness (QED) is 0.633. The van der Waals surface area contributed by atoms with Gasteiger partial charge in [0.25, 0.3) is 0 Å². The summed E-state index contributed by atoms with van der Waals surface area (Å²) in [7, 11) is 5.83. The van der Waals surface area contributed by atoms with Crippen molar-refractivity contribution in [2.75, 3.05) is 52.2 Å². The molecule has 0 spiro atoms. The van der Waals surface area contributed by atoms with Crippen LogP contribution in [0.3, 0.4) is 0 Å². The van der Waals surface area contributed by atoms with E-state index in [0.717, 1.165) is 56.7 Å². The number of anilines is 1. The molecule has 1 saturated heterocycles. The van der Waals surface area contributed by atoms with Gasteiger partial charge in [0.1, 0.15) is 12.1 Å². The van der Waals surface area contributed by atoms with Gasteiger partial charge in [0.2, 0.25) is 0 Å². The first-order chi connectivity index (χ1) is 12.7. The molecule has 0 radical (unpaired) electrons. The second-order valence-electron chi connectivity index (χ2n) is 6.57. The van der Waals surface area contributed by atoms with E-state index >= 15 is 0 Å². The van der Waals surface area contributed by atoms with Crippen molar-refractivity contribution in [2.45, 2.75) is 13.1 Å². The van der Waals surface area contributed by atoms with E-state index in [1.54, 1.807) is 6.26 Å². The summed E-state index contributed by atoms with van der Waals surface area (Å²) >= 11 is 0. The molecule has 1 aliphatic rings. The summed E-state index contributed by atoms with van der Waals surface area (Å²) in [4.78, 5) is 15.5. The Hall–Kier alpha value is -2.61. The lowest BCUT2D eigenvalue weighted by molar-refractivity contribution is 0.169. The zero-order chi connectivity index (χ0) is 18.4. The highest BCUT2D eigenvalue weighted by molar-refractivity contribution is 5.80. The van der Waals surface area contributed by atoms with E-state index in [1.807, 2.05) is 44.4 Å². The van der Waals surface area contributed by atoms with Gasteiger partial charge in [0.15, 0.2) is 5.96 Å². The van der Waals surface area contributed by atoms with Crippen LogP contribution in [-0.4, -0.2) is 73.2 Å². The van der Waals surface area contributed by atoms with E-state index in [2.05, 4.69) is 36.3 Å². The zero-order valence-electron chi connectivity index (χ0n) is 15.7. The van der Waals surface area contributed by atoms with Crippen LogP contribution in [-0.2, 0) is 13.1 Å². The Kier molecular flexibility index (Phi) is 6.06. The lowest BCUT2D eigenvalue weighted by Gasteiger charge is -2.36. The molecule has 0 amide bonds. The number of hydrogen-bond donors (Lipinski definition) is 1. The molecule has 8 nitrogen and oxygen atoms in total. The van der Waals surface area contributed by atoms with Gasteiger partial charge in [-0.05, 0) is 17.7 Å². The average Bonchev–Trinajstić information content (AvgIpc) is 3.17. The molecular formula is C18H27N7O. The first-order valence-corrected chi connectivity index (χ1v) is 8.85. The molecular weight excluding hydrogens is 330 g/mol. The number of aromatic nitrogens is 2. The summed E-state index contributed by atoms with van der Waals surface area (Å²) in [5.41, 5.74) is 2.17. The second kappa shape index (κ2) is 8.66. The third kappa shape index (κ3) is 4.72. The maximum absolute atomic E-state index is 4.91. The number of nitrogens with one attached hydrogen (secondary N) is 1. The Bertz CT molecular complexity index is 706. The largest absolute Gasteiger partial charge is 0.364 e. The van der Waals surface area contributed by atoms with Crippen molar-refractivity contribution in [1.29, 1.82) is 0 Å². The molecule has 1 aliphatic heterocycles. The van der Waals surface area contributed by atoms with Crippen molar-refractivity contribution in [3.8, 4) is 0 Å². The standard InChI is InChI=1S/C18H27N7O/c1-19-18(21-13-15-4-6-20-17(12-15)23(2)3)25-9-7-24(8-10-25)14-16-5-11-26-22-16/h4-6,11-12H,7-10,13-14H2,1-3H3,(H,19,21). The maximum atomic E-state index is 4.91. The SMILES string of the molecule is CN=C(NCc1ccnc(N(C)C)c1)N1CCN(Cc2ccon2)CC1. The van der Waals surface area contributed by atoms with Gasteiger partial charge in [-0.2, -0.15) is 0 Å². The molecule has 2 aromatic rings. The normalized spacial score (nSPS) is 16.0. The topological polar surface area (TPSA) is 73.0 Å². The third-order valence-corrected chi connectivity index (χ3v) is 4.48. The lowest BCUT2D eigenvalue weighted by atomic mass is 10.2. The van der Waals surface area contributed by atoms with Gasteiger partial charge in [0, 0.05) is 72.7 Å². The summed E-state index contributed by atoms with van der Waals surface area (Å²) in [5.74, 6) is 1.90. The fourth-order valence-corrected chi connectivity index (χ4v) is 2.99. The Morgan fingerprint density at radius 1 is 1.27 bits per heavy atom. The van der Waals surface area contributed by atoms with Gasteiger partial charge in [0.05, 0.1) is 5.69 Å². The molecule has 1 N–H and O–H groups in total. The molecule has 0 bridgehead atoms. The summed E-state index contributed by atoms with van der Waals surface area (Å²) < 4.78 is 4.91. The Morgan fingerprint density at radius 3 is 2.73 bits per heavy atom. The summed E-state index contributed by atoms with van der Waals surface area (Å²) in [5, 5.41) is 7.45. The minimum Gasteiger partial charge on any atom is -0.364 e. The highest BCUT2D eigenvalue weighted by Gasteiger charge is 2.20. The molecule has 3 rings (SSSR count). The van der Waals surface area contributed by atoms with Gasteiger partial charge < -0.3 is 19.6 Å². The predicted molar refractivity (Wildman–Crippen MR) is 102 cm³/mol. The van der Waals surface area contributed by atoms with Crippen LogP contribution in [0.15, 0.2) is 40.2 Å². The fraction of sp³-hybridized carbons (Fsp3) is 0.500. The maximum Gasteiger partial charge on any atom is 0.194 e. The van der Waals surface area contributed by atoms with Crippen LogP contribution in [0.25, 0.3) is 0 Å². The van der Waals surface area contributed by atoms with Crippen LogP contribution < -0.4 is 10.2 Å². The van der Waals surface area contributed by atoms with E-state index in [1.165, 1.54) is 5.56 Å². The van der Waals surface area contributed by atoms with E-state index < -0.39 is 0 Å². The van der Waals surface area contributed by atoms with E-state index in [0.29, 0.717) is 0 Å². The van der Waals surface area contributed by atoms with Gasteiger partial charge in [-0.25, -0.2) is 4.98 Å². The molecule has 0 aliphatic carbocycles. The predicted octanol–water partition coefficient (Wildman–Crippen LogP) is 1.03. The van der Waals surface area contributed by atoms with Crippen molar-refractivity contribution in [3.63, 3.8) is 0 Å². The molecule has 0 aromatic carbocycles. The first kappa shape index (κ1) is 18.2. The molecule has 2 aromatic heterocycles. The highest BCUT2D eigenvalue weighted by atomic mass is 16.5. The monoisotopic (exact) mass is 357 g/mol. The molecule has 26 heavy (non-hydrogen) atoms. The number of guanidine groups is 1. The number of rotatable bonds is 5. The van der Waals surface area contributed by atoms with Crippen LogP contribution in [0.4, 0.5) is 5.82 Å².